The van der Waals surface area contributed by atoms with Crippen LogP contribution in [0.1, 0.15) is 80.6 Å². The number of hydrogen-bond acceptors (Lipinski definition) is 6. The zero-order valence-electron chi connectivity index (χ0n) is 25.8. The second-order valence-corrected chi connectivity index (χ2v) is 16.8. The van der Waals surface area contributed by atoms with Crippen LogP contribution in [0.3, 0.4) is 0 Å². The minimum atomic E-state index is -2.04. The lowest BCUT2D eigenvalue weighted by molar-refractivity contribution is -0.168. The van der Waals surface area contributed by atoms with Gasteiger partial charge in [-0.1, -0.05) is 64.2 Å². The zero-order chi connectivity index (χ0) is 29.3. The van der Waals surface area contributed by atoms with Crippen LogP contribution >= 0.6 is 0 Å². The molecule has 1 unspecified atom stereocenters. The average molecular weight is 573 g/mol. The van der Waals surface area contributed by atoms with E-state index >= 15 is 0 Å². The van der Waals surface area contributed by atoms with Crippen molar-refractivity contribution < 1.29 is 28.2 Å². The Morgan fingerprint density at radius 1 is 1.05 bits per heavy atom. The van der Waals surface area contributed by atoms with Gasteiger partial charge in [0.1, 0.15) is 24.4 Å². The molecule has 3 aliphatic heterocycles. The molecule has 0 spiro atoms. The Kier molecular flexibility index (Phi) is 12.3. The Morgan fingerprint density at radius 3 is 2.35 bits per heavy atom. The molecule has 0 aromatic rings. The first-order chi connectivity index (χ1) is 19.1. The van der Waals surface area contributed by atoms with Gasteiger partial charge in [-0.15, -0.1) is 12.3 Å². The van der Waals surface area contributed by atoms with Crippen molar-refractivity contribution in [3.8, 4) is 12.3 Å². The Bertz CT molecular complexity index is 937. The summed E-state index contributed by atoms with van der Waals surface area (Å²) in [6, 6.07) is 3.04. The highest BCUT2D eigenvalue weighted by Crippen LogP contribution is 2.36. The van der Waals surface area contributed by atoms with E-state index in [0.29, 0.717) is 6.42 Å². The van der Waals surface area contributed by atoms with E-state index in [1.807, 2.05) is 45.1 Å². The SMILES string of the molecule is C#CC[C@@H](C)C1OC(=O)[C@H](C)C=C/C=C/[C@H]2OC(C)(C)O[C@@H]2/C=C/CC[C@H]2CC[C@H](O2)[C@H]1O[Si](CC)(CC)CC. The van der Waals surface area contributed by atoms with E-state index in [0.717, 1.165) is 43.8 Å². The zero-order valence-corrected chi connectivity index (χ0v) is 26.8. The van der Waals surface area contributed by atoms with Gasteiger partial charge in [0, 0.05) is 12.3 Å². The largest absolute Gasteiger partial charge is 0.459 e. The minimum Gasteiger partial charge on any atom is -0.459 e. The van der Waals surface area contributed by atoms with Gasteiger partial charge in [-0.25, -0.2) is 0 Å². The summed E-state index contributed by atoms with van der Waals surface area (Å²) in [6.45, 7) is 14.5. The molecule has 2 saturated heterocycles. The number of ether oxygens (including phenoxy) is 4. The van der Waals surface area contributed by atoms with Crippen molar-refractivity contribution in [3.05, 3.63) is 36.5 Å². The first kappa shape index (κ1) is 32.8. The molecule has 7 heteroatoms. The minimum absolute atomic E-state index is 0.0525. The normalized spacial score (nSPS) is 35.5. The molecule has 8 atom stereocenters. The Balaban J connectivity index is 1.94. The van der Waals surface area contributed by atoms with Crippen LogP contribution in [0.2, 0.25) is 18.1 Å². The van der Waals surface area contributed by atoms with E-state index in [2.05, 4.69) is 45.8 Å². The van der Waals surface area contributed by atoms with Crippen molar-refractivity contribution in [2.24, 2.45) is 11.8 Å². The lowest BCUT2D eigenvalue weighted by atomic mass is 9.92. The monoisotopic (exact) mass is 572 g/mol. The van der Waals surface area contributed by atoms with Gasteiger partial charge >= 0.3 is 5.97 Å². The van der Waals surface area contributed by atoms with Gasteiger partial charge in [-0.3, -0.25) is 4.79 Å². The van der Waals surface area contributed by atoms with Gasteiger partial charge in [0.05, 0.1) is 18.1 Å². The van der Waals surface area contributed by atoms with Crippen LogP contribution in [0.15, 0.2) is 36.5 Å². The van der Waals surface area contributed by atoms with Crippen molar-refractivity contribution in [1.82, 2.24) is 0 Å². The standard InChI is InChI=1S/C33H52O6Si/c1-9-17-24(5)30-31(39-40(10-2,11-3)12-4)29-23-22-26(35-29)19-14-16-21-28-27(37-33(7,8)38-28)20-15-13-18-25(6)32(34)36-30/h1,13,15-16,18,20-21,24-31H,10-12,14,17,19,22-23H2,2-8H3/b18-13?,20-15+,21-16+/t24-,25-,26+,27-,28-,29+,30?,31-/m1/s1. The molecule has 0 aromatic heterocycles. The summed E-state index contributed by atoms with van der Waals surface area (Å²) in [5, 5.41) is 0. The summed E-state index contributed by atoms with van der Waals surface area (Å²) < 4.78 is 32.3. The molecule has 0 N–H and O–H groups in total. The predicted molar refractivity (Wildman–Crippen MR) is 162 cm³/mol. The summed E-state index contributed by atoms with van der Waals surface area (Å²) in [4.78, 5) is 13.4. The number of hydrogen-bond donors (Lipinski definition) is 0. The average Bonchev–Trinajstić information content (AvgIpc) is 3.51. The molecule has 6 nitrogen and oxygen atoms in total. The van der Waals surface area contributed by atoms with E-state index < -0.39 is 26.1 Å². The Hall–Kier alpha value is -1.69. The maximum atomic E-state index is 13.4. The Labute approximate surface area is 244 Å². The van der Waals surface area contributed by atoms with Gasteiger partial charge < -0.3 is 23.4 Å². The van der Waals surface area contributed by atoms with Crippen molar-refractivity contribution in [1.29, 1.82) is 0 Å². The molecule has 224 valence electrons. The third-order valence-electron chi connectivity index (χ3n) is 8.73. The highest BCUT2D eigenvalue weighted by atomic mass is 28.4. The molecule has 0 radical (unpaired) electrons. The van der Waals surface area contributed by atoms with E-state index in [9.17, 15) is 4.79 Å². The summed E-state index contributed by atoms with van der Waals surface area (Å²) in [5.74, 6) is 1.37. The highest BCUT2D eigenvalue weighted by molar-refractivity contribution is 6.73. The summed E-state index contributed by atoms with van der Waals surface area (Å²) in [5.41, 5.74) is 0. The number of cyclic esters (lactones) is 1. The van der Waals surface area contributed by atoms with E-state index in [4.69, 9.17) is 29.8 Å². The smallest absolute Gasteiger partial charge is 0.312 e. The summed E-state index contributed by atoms with van der Waals surface area (Å²) in [7, 11) is -2.04. The molecule has 3 rings (SSSR count). The Morgan fingerprint density at radius 2 is 1.70 bits per heavy atom. The van der Waals surface area contributed by atoms with Gasteiger partial charge in [0.25, 0.3) is 0 Å². The van der Waals surface area contributed by atoms with Crippen LogP contribution in [-0.4, -0.2) is 56.7 Å². The number of carbonyl (C=O) groups excluding carboxylic acids is 1. The number of rotatable bonds is 7. The summed E-state index contributed by atoms with van der Waals surface area (Å²) in [6.07, 6.45) is 20.7. The molecule has 0 aromatic carbocycles. The number of terminal acetylenes is 1. The molecule has 40 heavy (non-hydrogen) atoms. The molecule has 0 amide bonds. The number of carbonyl (C=O) groups is 1. The predicted octanol–water partition coefficient (Wildman–Crippen LogP) is 7.11. The molecule has 3 aliphatic rings. The third-order valence-corrected chi connectivity index (χ3v) is 13.4. The maximum absolute atomic E-state index is 13.4. The molecule has 2 bridgehead atoms. The topological polar surface area (TPSA) is 63.2 Å². The lowest BCUT2D eigenvalue weighted by Crippen LogP contribution is -2.52. The molecule has 3 heterocycles. The lowest BCUT2D eigenvalue weighted by Gasteiger charge is -2.41. The second-order valence-electron chi connectivity index (χ2n) is 12.1. The van der Waals surface area contributed by atoms with E-state index in [-0.39, 0.29) is 42.4 Å². The van der Waals surface area contributed by atoms with E-state index in [1.54, 1.807) is 0 Å². The quantitative estimate of drug-likeness (QED) is 0.140. The first-order valence-electron chi connectivity index (χ1n) is 15.4. The van der Waals surface area contributed by atoms with Crippen molar-refractivity contribution in [3.63, 3.8) is 0 Å². The first-order valence-corrected chi connectivity index (χ1v) is 17.9. The molecular weight excluding hydrogens is 520 g/mol. The van der Waals surface area contributed by atoms with Crippen LogP contribution < -0.4 is 0 Å². The van der Waals surface area contributed by atoms with Crippen LogP contribution in [0.5, 0.6) is 0 Å². The molecule has 2 fully saturated rings. The van der Waals surface area contributed by atoms with E-state index in [1.165, 1.54) is 0 Å². The fourth-order valence-electron chi connectivity index (χ4n) is 5.99. The van der Waals surface area contributed by atoms with Crippen LogP contribution in [0.25, 0.3) is 0 Å². The van der Waals surface area contributed by atoms with Crippen molar-refractivity contribution in [2.75, 3.05) is 0 Å². The molecular formula is C33H52O6Si. The number of esters is 1. The van der Waals surface area contributed by atoms with Crippen molar-refractivity contribution >= 4 is 14.3 Å². The molecule has 0 aliphatic carbocycles. The highest BCUT2D eigenvalue weighted by Gasteiger charge is 2.45. The third kappa shape index (κ3) is 8.66. The van der Waals surface area contributed by atoms with Crippen LogP contribution in [-0.2, 0) is 28.2 Å². The number of fused-ring (bicyclic) bond motifs is 3. The number of allylic oxidation sites excluding steroid dienone is 3. The van der Waals surface area contributed by atoms with Crippen LogP contribution in [0, 0.1) is 24.2 Å². The fraction of sp³-hybridized carbons (Fsp3) is 0.727. The van der Waals surface area contributed by atoms with Crippen molar-refractivity contribution in [2.45, 2.75) is 141 Å². The van der Waals surface area contributed by atoms with Gasteiger partial charge in [0.2, 0.25) is 0 Å². The fourth-order valence-corrected chi connectivity index (χ4v) is 8.85. The molecule has 0 saturated carbocycles. The van der Waals surface area contributed by atoms with Gasteiger partial charge in [-0.2, -0.15) is 0 Å². The van der Waals surface area contributed by atoms with Crippen LogP contribution in [0.4, 0.5) is 0 Å². The van der Waals surface area contributed by atoms with Gasteiger partial charge in [-0.05, 0) is 64.6 Å². The maximum Gasteiger partial charge on any atom is 0.312 e. The summed E-state index contributed by atoms with van der Waals surface area (Å²) >= 11 is 0. The van der Waals surface area contributed by atoms with Gasteiger partial charge in [0.15, 0.2) is 14.1 Å². The second kappa shape index (κ2) is 15.0.